The summed E-state index contributed by atoms with van der Waals surface area (Å²) in [6.07, 6.45) is 3.44. The molecule has 3 aromatic rings. The predicted molar refractivity (Wildman–Crippen MR) is 106 cm³/mol. The van der Waals surface area contributed by atoms with Crippen molar-refractivity contribution < 1.29 is 14.3 Å². The molecule has 0 saturated heterocycles. The third-order valence-electron chi connectivity index (χ3n) is 3.93. The summed E-state index contributed by atoms with van der Waals surface area (Å²) in [6.45, 7) is 2.34. The van der Waals surface area contributed by atoms with Crippen LogP contribution in [0, 0.1) is 6.92 Å². The van der Waals surface area contributed by atoms with Crippen molar-refractivity contribution >= 4 is 17.5 Å². The van der Waals surface area contributed by atoms with E-state index in [-0.39, 0.29) is 11.6 Å². The van der Waals surface area contributed by atoms with Crippen molar-refractivity contribution in [3.8, 4) is 11.5 Å². The number of pyridine rings is 1. The van der Waals surface area contributed by atoms with Crippen molar-refractivity contribution in [1.29, 1.82) is 0 Å². The maximum absolute atomic E-state index is 12.6. The summed E-state index contributed by atoms with van der Waals surface area (Å²) >= 11 is 0. The summed E-state index contributed by atoms with van der Waals surface area (Å²) in [7, 11) is 3.10. The lowest BCUT2D eigenvalue weighted by atomic mass is 10.2. The Kier molecular flexibility index (Phi) is 6.01. The molecule has 0 spiro atoms. The number of rotatable bonds is 7. The molecule has 0 bridgehead atoms. The number of carbonyl (C=O) groups is 1. The number of carbonyl (C=O) groups excluding carboxylic acids is 1. The van der Waals surface area contributed by atoms with Crippen LogP contribution in [-0.2, 0) is 6.54 Å². The number of amides is 1. The van der Waals surface area contributed by atoms with E-state index in [1.807, 2.05) is 19.1 Å². The molecule has 0 aliphatic heterocycles. The van der Waals surface area contributed by atoms with Gasteiger partial charge in [0.25, 0.3) is 5.91 Å². The van der Waals surface area contributed by atoms with E-state index in [0.29, 0.717) is 35.4 Å². The summed E-state index contributed by atoms with van der Waals surface area (Å²) in [5, 5.41) is 5.94. The summed E-state index contributed by atoms with van der Waals surface area (Å²) in [5.74, 6) is 1.15. The normalized spacial score (nSPS) is 10.2. The first-order valence-corrected chi connectivity index (χ1v) is 8.61. The molecule has 3 rings (SSSR count). The molecular formula is C20H21N5O3. The number of methoxy groups -OCH3 is 2. The van der Waals surface area contributed by atoms with Crippen LogP contribution in [0.15, 0.2) is 48.8 Å². The molecule has 0 unspecified atom stereocenters. The molecule has 2 aromatic heterocycles. The van der Waals surface area contributed by atoms with Crippen LogP contribution in [0.1, 0.15) is 21.7 Å². The van der Waals surface area contributed by atoms with E-state index < -0.39 is 0 Å². The van der Waals surface area contributed by atoms with Gasteiger partial charge in [0.05, 0.1) is 14.2 Å². The van der Waals surface area contributed by atoms with Gasteiger partial charge in [-0.1, -0.05) is 0 Å². The van der Waals surface area contributed by atoms with E-state index >= 15 is 0 Å². The van der Waals surface area contributed by atoms with Crippen molar-refractivity contribution in [3.63, 3.8) is 0 Å². The van der Waals surface area contributed by atoms with Crippen LogP contribution in [0.3, 0.4) is 0 Å². The van der Waals surface area contributed by atoms with Gasteiger partial charge in [-0.05, 0) is 42.8 Å². The summed E-state index contributed by atoms with van der Waals surface area (Å²) in [5.41, 5.74) is 2.56. The molecule has 2 N–H and O–H groups in total. The lowest BCUT2D eigenvalue weighted by Gasteiger charge is -2.11. The van der Waals surface area contributed by atoms with Crippen molar-refractivity contribution in [2.24, 2.45) is 0 Å². The Labute approximate surface area is 163 Å². The zero-order valence-electron chi connectivity index (χ0n) is 15.9. The topological polar surface area (TPSA) is 98.3 Å². The Morgan fingerprint density at radius 2 is 1.75 bits per heavy atom. The zero-order valence-corrected chi connectivity index (χ0v) is 15.9. The zero-order chi connectivity index (χ0) is 19.9. The quantitative estimate of drug-likeness (QED) is 0.651. The van der Waals surface area contributed by atoms with Crippen LogP contribution in [0.25, 0.3) is 0 Å². The van der Waals surface area contributed by atoms with E-state index in [4.69, 9.17) is 9.47 Å². The van der Waals surface area contributed by atoms with Gasteiger partial charge in [-0.3, -0.25) is 9.78 Å². The molecule has 0 fully saturated rings. The fourth-order valence-corrected chi connectivity index (χ4v) is 2.55. The van der Waals surface area contributed by atoms with Gasteiger partial charge in [0.2, 0.25) is 5.95 Å². The molecule has 0 aliphatic carbocycles. The Balaban J connectivity index is 1.74. The summed E-state index contributed by atoms with van der Waals surface area (Å²) < 4.78 is 10.5. The van der Waals surface area contributed by atoms with Gasteiger partial charge in [-0.25, -0.2) is 9.97 Å². The molecule has 8 heteroatoms. The molecule has 0 saturated carbocycles. The maximum Gasteiger partial charge on any atom is 0.274 e. The number of ether oxygens (including phenoxy) is 2. The first-order valence-electron chi connectivity index (χ1n) is 8.61. The van der Waals surface area contributed by atoms with Gasteiger partial charge in [0.1, 0.15) is 5.69 Å². The van der Waals surface area contributed by atoms with E-state index in [1.54, 1.807) is 43.8 Å². The second-order valence-corrected chi connectivity index (χ2v) is 5.95. The first kappa shape index (κ1) is 19.1. The Hall–Kier alpha value is -3.68. The van der Waals surface area contributed by atoms with Gasteiger partial charge < -0.3 is 20.1 Å². The molecule has 1 aromatic carbocycles. The van der Waals surface area contributed by atoms with E-state index in [9.17, 15) is 4.79 Å². The highest BCUT2D eigenvalue weighted by atomic mass is 16.5. The number of hydrogen-bond acceptors (Lipinski definition) is 7. The summed E-state index contributed by atoms with van der Waals surface area (Å²) in [4.78, 5) is 25.3. The van der Waals surface area contributed by atoms with Crippen LogP contribution < -0.4 is 20.1 Å². The second-order valence-electron chi connectivity index (χ2n) is 5.95. The molecule has 1 amide bonds. The maximum atomic E-state index is 12.6. The fourth-order valence-electron chi connectivity index (χ4n) is 2.55. The van der Waals surface area contributed by atoms with Crippen molar-refractivity contribution in [3.05, 3.63) is 65.7 Å². The van der Waals surface area contributed by atoms with E-state index in [1.165, 1.54) is 7.11 Å². The molecule has 8 nitrogen and oxygen atoms in total. The number of aryl methyl sites for hydroxylation is 1. The SMILES string of the molecule is COc1ccc(NC(=O)c2cc(C)nc(NCc3ccncc3)n2)cc1OC. The Morgan fingerprint density at radius 3 is 2.46 bits per heavy atom. The minimum absolute atomic E-state index is 0.263. The minimum Gasteiger partial charge on any atom is -0.493 e. The van der Waals surface area contributed by atoms with Gasteiger partial charge in [0.15, 0.2) is 11.5 Å². The smallest absolute Gasteiger partial charge is 0.274 e. The van der Waals surface area contributed by atoms with Gasteiger partial charge in [-0.15, -0.1) is 0 Å². The first-order chi connectivity index (χ1) is 13.6. The number of nitrogens with zero attached hydrogens (tertiary/aromatic N) is 3. The molecular weight excluding hydrogens is 358 g/mol. The lowest BCUT2D eigenvalue weighted by molar-refractivity contribution is 0.102. The lowest BCUT2D eigenvalue weighted by Crippen LogP contribution is -2.16. The van der Waals surface area contributed by atoms with Gasteiger partial charge in [-0.2, -0.15) is 0 Å². The second kappa shape index (κ2) is 8.81. The van der Waals surface area contributed by atoms with Crippen molar-refractivity contribution in [2.75, 3.05) is 24.9 Å². The fraction of sp³-hybridized carbons (Fsp3) is 0.200. The van der Waals surface area contributed by atoms with Crippen LogP contribution >= 0.6 is 0 Å². The minimum atomic E-state index is -0.343. The molecule has 28 heavy (non-hydrogen) atoms. The summed E-state index contributed by atoms with van der Waals surface area (Å²) in [6, 6.07) is 10.6. The number of benzene rings is 1. The van der Waals surface area contributed by atoms with Crippen molar-refractivity contribution in [2.45, 2.75) is 13.5 Å². The largest absolute Gasteiger partial charge is 0.493 e. The number of aromatic nitrogens is 3. The highest BCUT2D eigenvalue weighted by Gasteiger charge is 2.13. The third-order valence-corrected chi connectivity index (χ3v) is 3.93. The van der Waals surface area contributed by atoms with E-state index in [2.05, 4.69) is 25.6 Å². The molecule has 0 aliphatic rings. The standard InChI is InChI=1S/C20H21N5O3/c1-13-10-16(25-20(23-13)22-12-14-6-8-21-9-7-14)19(26)24-15-4-5-17(27-2)18(11-15)28-3/h4-11H,12H2,1-3H3,(H,24,26)(H,22,23,25). The molecule has 0 atom stereocenters. The number of hydrogen-bond donors (Lipinski definition) is 2. The predicted octanol–water partition coefficient (Wildman–Crippen LogP) is 3.06. The number of anilines is 2. The van der Waals surface area contributed by atoms with Crippen LogP contribution in [0.2, 0.25) is 0 Å². The highest BCUT2D eigenvalue weighted by molar-refractivity contribution is 6.03. The monoisotopic (exact) mass is 379 g/mol. The van der Waals surface area contributed by atoms with Crippen LogP contribution in [0.5, 0.6) is 11.5 Å². The van der Waals surface area contributed by atoms with Gasteiger partial charge in [0, 0.05) is 36.4 Å². The average Bonchev–Trinajstić information content (AvgIpc) is 2.72. The average molecular weight is 379 g/mol. The highest BCUT2D eigenvalue weighted by Crippen LogP contribution is 2.29. The third kappa shape index (κ3) is 4.73. The molecule has 0 radical (unpaired) electrons. The van der Waals surface area contributed by atoms with E-state index in [0.717, 1.165) is 5.56 Å². The Morgan fingerprint density at radius 1 is 1.00 bits per heavy atom. The van der Waals surface area contributed by atoms with Crippen molar-refractivity contribution in [1.82, 2.24) is 15.0 Å². The Bertz CT molecular complexity index is 963. The molecule has 2 heterocycles. The van der Waals surface area contributed by atoms with Gasteiger partial charge >= 0.3 is 0 Å². The van der Waals surface area contributed by atoms with Crippen LogP contribution in [-0.4, -0.2) is 35.1 Å². The molecule has 144 valence electrons. The van der Waals surface area contributed by atoms with Crippen LogP contribution in [0.4, 0.5) is 11.6 Å². The number of nitrogens with one attached hydrogen (secondary N) is 2.